The molecule has 77 valence electrons. The molecule has 0 amide bonds. The summed E-state index contributed by atoms with van der Waals surface area (Å²) in [5.74, 6) is 0.634. The van der Waals surface area contributed by atoms with Crippen LogP contribution in [-0.2, 0) is 18.1 Å². The van der Waals surface area contributed by atoms with E-state index in [9.17, 15) is 5.11 Å². The fourth-order valence-electron chi connectivity index (χ4n) is 1.46. The number of nitrogens with zero attached hydrogens (tertiary/aromatic N) is 2. The van der Waals surface area contributed by atoms with Crippen LogP contribution < -0.4 is 0 Å². The molecule has 0 aliphatic rings. The molecule has 2 rings (SSSR count). The van der Waals surface area contributed by atoms with E-state index in [0.717, 1.165) is 17.5 Å². The number of benzene rings is 1. The van der Waals surface area contributed by atoms with E-state index < -0.39 is 6.61 Å². The van der Waals surface area contributed by atoms with Crippen molar-refractivity contribution in [3.05, 3.63) is 35.7 Å². The van der Waals surface area contributed by atoms with Crippen molar-refractivity contribution < 1.29 is 9.63 Å². The first-order valence-electron chi connectivity index (χ1n) is 4.84. The van der Waals surface area contributed by atoms with Gasteiger partial charge in [-0.15, -0.1) is 0 Å². The third-order valence-corrected chi connectivity index (χ3v) is 2.23. The Balaban J connectivity index is 2.44. The van der Waals surface area contributed by atoms with Crippen LogP contribution in [0.25, 0.3) is 11.5 Å². The van der Waals surface area contributed by atoms with Gasteiger partial charge >= 0.3 is 0 Å². The van der Waals surface area contributed by atoms with Gasteiger partial charge in [-0.05, 0) is 18.1 Å². The van der Waals surface area contributed by atoms with Gasteiger partial charge in [0.1, 0.15) is 6.61 Å². The van der Waals surface area contributed by atoms with Crippen molar-refractivity contribution >= 4 is 0 Å². The summed E-state index contributed by atoms with van der Waals surface area (Å²) in [6.07, 6.45) is 0.894. The fourth-order valence-corrected chi connectivity index (χ4v) is 1.46. The van der Waals surface area contributed by atoms with E-state index in [1.54, 1.807) is 0 Å². The highest BCUT2D eigenvalue weighted by Crippen LogP contribution is 2.22. The first kappa shape index (κ1) is 9.86. The van der Waals surface area contributed by atoms with Crippen LogP contribution in [0.3, 0.4) is 0 Å². The SMILES string of the molecule is CCc1ccccc1-c1nc(C[O])no1. The molecule has 4 nitrogen and oxygen atoms in total. The van der Waals surface area contributed by atoms with Gasteiger partial charge in [0.05, 0.1) is 0 Å². The molecule has 0 N–H and O–H groups in total. The molecule has 2 aromatic rings. The van der Waals surface area contributed by atoms with Crippen molar-refractivity contribution in [2.45, 2.75) is 20.0 Å². The Morgan fingerprint density at radius 2 is 2.13 bits per heavy atom. The van der Waals surface area contributed by atoms with E-state index in [-0.39, 0.29) is 5.82 Å². The molecule has 0 saturated heterocycles. The Hall–Kier alpha value is -1.68. The van der Waals surface area contributed by atoms with Crippen molar-refractivity contribution in [2.75, 3.05) is 0 Å². The lowest BCUT2D eigenvalue weighted by atomic mass is 10.1. The van der Waals surface area contributed by atoms with Crippen LogP contribution in [0.5, 0.6) is 0 Å². The quantitative estimate of drug-likeness (QED) is 0.768. The number of aromatic nitrogens is 2. The van der Waals surface area contributed by atoms with Gasteiger partial charge < -0.3 is 4.52 Å². The van der Waals surface area contributed by atoms with Crippen LogP contribution in [-0.4, -0.2) is 10.1 Å². The van der Waals surface area contributed by atoms with Gasteiger partial charge in [0.15, 0.2) is 0 Å². The average molecular weight is 203 g/mol. The lowest BCUT2D eigenvalue weighted by Gasteiger charge is -2.01. The predicted molar refractivity (Wildman–Crippen MR) is 53.5 cm³/mol. The molecule has 1 aromatic heterocycles. The molecule has 15 heavy (non-hydrogen) atoms. The second-order valence-corrected chi connectivity index (χ2v) is 3.17. The highest BCUT2D eigenvalue weighted by atomic mass is 16.5. The van der Waals surface area contributed by atoms with E-state index in [0.29, 0.717) is 5.89 Å². The summed E-state index contributed by atoms with van der Waals surface area (Å²) in [4.78, 5) is 4.02. The number of hydrogen-bond acceptors (Lipinski definition) is 3. The lowest BCUT2D eigenvalue weighted by molar-refractivity contribution is 0.166. The van der Waals surface area contributed by atoms with Gasteiger partial charge in [0, 0.05) is 5.56 Å². The molecule has 0 aliphatic carbocycles. The summed E-state index contributed by atoms with van der Waals surface area (Å²) in [7, 11) is 0. The van der Waals surface area contributed by atoms with E-state index in [1.165, 1.54) is 0 Å². The molecular formula is C11H11N2O2. The van der Waals surface area contributed by atoms with E-state index in [4.69, 9.17) is 4.52 Å². The summed E-state index contributed by atoms with van der Waals surface area (Å²) in [5, 5.41) is 14.1. The minimum atomic E-state index is -0.447. The zero-order valence-electron chi connectivity index (χ0n) is 8.43. The van der Waals surface area contributed by atoms with Gasteiger partial charge in [-0.25, -0.2) is 5.11 Å². The molecule has 0 atom stereocenters. The van der Waals surface area contributed by atoms with E-state index >= 15 is 0 Å². The first-order chi connectivity index (χ1) is 7.35. The lowest BCUT2D eigenvalue weighted by Crippen LogP contribution is -1.88. The van der Waals surface area contributed by atoms with Gasteiger partial charge in [0.2, 0.25) is 5.82 Å². The predicted octanol–water partition coefficient (Wildman–Crippen LogP) is 2.23. The number of hydrogen-bond donors (Lipinski definition) is 0. The monoisotopic (exact) mass is 203 g/mol. The third-order valence-electron chi connectivity index (χ3n) is 2.23. The van der Waals surface area contributed by atoms with Gasteiger partial charge in [0.25, 0.3) is 5.89 Å². The van der Waals surface area contributed by atoms with Gasteiger partial charge in [-0.2, -0.15) is 4.98 Å². The molecular weight excluding hydrogens is 192 g/mol. The molecule has 0 saturated carbocycles. The highest BCUT2D eigenvalue weighted by Gasteiger charge is 2.10. The van der Waals surface area contributed by atoms with Crippen LogP contribution in [0.4, 0.5) is 0 Å². The fraction of sp³-hybridized carbons (Fsp3) is 0.273. The molecule has 0 spiro atoms. The van der Waals surface area contributed by atoms with Crippen LogP contribution in [0, 0.1) is 0 Å². The van der Waals surface area contributed by atoms with E-state index in [2.05, 4.69) is 17.1 Å². The molecule has 0 fully saturated rings. The zero-order chi connectivity index (χ0) is 10.7. The largest absolute Gasteiger partial charge is 0.334 e. The Morgan fingerprint density at radius 3 is 2.80 bits per heavy atom. The molecule has 0 aliphatic heterocycles. The topological polar surface area (TPSA) is 58.8 Å². The molecule has 0 unspecified atom stereocenters. The smallest absolute Gasteiger partial charge is 0.258 e. The van der Waals surface area contributed by atoms with Crippen LogP contribution in [0.1, 0.15) is 18.3 Å². The van der Waals surface area contributed by atoms with Crippen LogP contribution in [0.2, 0.25) is 0 Å². The van der Waals surface area contributed by atoms with Gasteiger partial charge in [-0.1, -0.05) is 30.3 Å². The Labute approximate surface area is 87.6 Å². The minimum absolute atomic E-state index is 0.205. The van der Waals surface area contributed by atoms with Crippen molar-refractivity contribution in [3.63, 3.8) is 0 Å². The van der Waals surface area contributed by atoms with Crippen molar-refractivity contribution in [1.82, 2.24) is 10.1 Å². The molecule has 1 heterocycles. The average Bonchev–Trinajstić information content (AvgIpc) is 2.77. The molecule has 1 radical (unpaired) electrons. The number of rotatable bonds is 3. The van der Waals surface area contributed by atoms with Crippen LogP contribution in [0.15, 0.2) is 28.8 Å². The van der Waals surface area contributed by atoms with Crippen molar-refractivity contribution in [1.29, 1.82) is 0 Å². The van der Waals surface area contributed by atoms with Crippen molar-refractivity contribution in [2.24, 2.45) is 0 Å². The Morgan fingerprint density at radius 1 is 1.33 bits per heavy atom. The summed E-state index contributed by atoms with van der Waals surface area (Å²) in [5.41, 5.74) is 2.05. The maximum Gasteiger partial charge on any atom is 0.258 e. The maximum atomic E-state index is 10.5. The molecule has 4 heteroatoms. The molecule has 0 bridgehead atoms. The summed E-state index contributed by atoms with van der Waals surface area (Å²) < 4.78 is 5.02. The third kappa shape index (κ3) is 1.89. The summed E-state index contributed by atoms with van der Waals surface area (Å²) in [6, 6.07) is 7.81. The molecule has 1 aromatic carbocycles. The zero-order valence-corrected chi connectivity index (χ0v) is 8.43. The van der Waals surface area contributed by atoms with E-state index in [1.807, 2.05) is 24.3 Å². The summed E-state index contributed by atoms with van der Waals surface area (Å²) in [6.45, 7) is 1.61. The second-order valence-electron chi connectivity index (χ2n) is 3.17. The van der Waals surface area contributed by atoms with Crippen LogP contribution >= 0.6 is 0 Å². The number of aryl methyl sites for hydroxylation is 1. The van der Waals surface area contributed by atoms with Crippen molar-refractivity contribution in [3.8, 4) is 11.5 Å². The normalized spacial score (nSPS) is 10.5. The highest BCUT2D eigenvalue weighted by molar-refractivity contribution is 5.58. The Kier molecular flexibility index (Phi) is 2.78. The maximum absolute atomic E-state index is 10.5. The summed E-state index contributed by atoms with van der Waals surface area (Å²) >= 11 is 0. The van der Waals surface area contributed by atoms with Gasteiger partial charge in [-0.3, -0.25) is 0 Å². The minimum Gasteiger partial charge on any atom is -0.334 e. The Bertz CT molecular complexity index is 451. The second kappa shape index (κ2) is 4.23. The standard InChI is InChI=1S/C11H11N2O2/c1-2-8-5-3-4-6-9(8)11-12-10(7-14)13-15-11/h3-6H,2,7H2,1H3. The first-order valence-corrected chi connectivity index (χ1v) is 4.84.